The third-order valence-electron chi connectivity index (χ3n) is 8.87. The molecule has 47 heavy (non-hydrogen) atoms. The molecule has 0 unspecified atom stereocenters. The Kier molecular flexibility index (Phi) is 12.4. The van der Waals surface area contributed by atoms with Crippen LogP contribution in [-0.4, -0.2) is 100.0 Å². The fraction of sp³-hybridized carbons (Fsp3) is 0.444. The molecule has 3 aromatic carbocycles. The maximum absolute atomic E-state index is 14.1. The van der Waals surface area contributed by atoms with Crippen LogP contribution in [0.3, 0.4) is 0 Å². The SMILES string of the molecule is COc1ccc(CN(C(=O)CCc2ccc(S(=O)(=O)N3CCCC3)cc2)[C@H](Cc2ccccc2)C(=O)NCCN2CCOCC2)cc1. The van der Waals surface area contributed by atoms with Gasteiger partial charge in [0.15, 0.2) is 0 Å². The minimum absolute atomic E-state index is 0.154. The van der Waals surface area contributed by atoms with E-state index in [1.807, 2.05) is 54.6 Å². The third kappa shape index (κ3) is 9.63. The van der Waals surface area contributed by atoms with Crippen molar-refractivity contribution < 1.29 is 27.5 Å². The number of amides is 2. The normalized spacial score (nSPS) is 16.4. The predicted molar refractivity (Wildman–Crippen MR) is 181 cm³/mol. The van der Waals surface area contributed by atoms with Crippen LogP contribution in [0.1, 0.15) is 36.0 Å². The van der Waals surface area contributed by atoms with Crippen LogP contribution in [0.25, 0.3) is 0 Å². The molecule has 2 fully saturated rings. The number of hydrogen-bond acceptors (Lipinski definition) is 7. The van der Waals surface area contributed by atoms with Gasteiger partial charge in [-0.3, -0.25) is 14.5 Å². The molecular formula is C36H46N4O6S. The lowest BCUT2D eigenvalue weighted by Crippen LogP contribution is -2.52. The quantitative estimate of drug-likeness (QED) is 0.266. The molecule has 11 heteroatoms. The summed E-state index contributed by atoms with van der Waals surface area (Å²) in [4.78, 5) is 32.2. The van der Waals surface area contributed by atoms with E-state index in [2.05, 4.69) is 10.2 Å². The smallest absolute Gasteiger partial charge is 0.243 e. The van der Waals surface area contributed by atoms with Crippen molar-refractivity contribution >= 4 is 21.8 Å². The van der Waals surface area contributed by atoms with Crippen LogP contribution in [0.15, 0.2) is 83.8 Å². The average molecular weight is 663 g/mol. The Balaban J connectivity index is 1.33. The lowest BCUT2D eigenvalue weighted by molar-refractivity contribution is -0.141. The van der Waals surface area contributed by atoms with E-state index in [-0.39, 0.29) is 29.7 Å². The molecule has 10 nitrogen and oxygen atoms in total. The molecule has 3 aromatic rings. The van der Waals surface area contributed by atoms with Crippen LogP contribution in [0.2, 0.25) is 0 Å². The van der Waals surface area contributed by atoms with E-state index in [4.69, 9.17) is 9.47 Å². The topological polar surface area (TPSA) is 108 Å². The lowest BCUT2D eigenvalue weighted by atomic mass is 10.0. The number of hydrogen-bond donors (Lipinski definition) is 1. The number of nitrogens with zero attached hydrogens (tertiary/aromatic N) is 3. The number of rotatable bonds is 15. The average Bonchev–Trinajstić information content (AvgIpc) is 3.67. The first kappa shape index (κ1) is 34.6. The van der Waals surface area contributed by atoms with E-state index < -0.39 is 16.1 Å². The number of benzene rings is 3. The molecule has 2 amide bonds. The Morgan fingerprint density at radius 1 is 0.872 bits per heavy atom. The second-order valence-electron chi connectivity index (χ2n) is 12.1. The Morgan fingerprint density at radius 2 is 1.53 bits per heavy atom. The highest BCUT2D eigenvalue weighted by Gasteiger charge is 2.31. The molecule has 5 rings (SSSR count). The van der Waals surface area contributed by atoms with Crippen molar-refractivity contribution in [1.82, 2.24) is 19.4 Å². The number of carbonyl (C=O) groups excluding carboxylic acids is 2. The van der Waals surface area contributed by atoms with Crippen molar-refractivity contribution in [2.45, 2.75) is 49.6 Å². The molecule has 2 saturated heterocycles. The summed E-state index contributed by atoms with van der Waals surface area (Å²) in [7, 11) is -1.90. The molecule has 2 aliphatic heterocycles. The minimum Gasteiger partial charge on any atom is -0.497 e. The zero-order valence-corrected chi connectivity index (χ0v) is 28.0. The van der Waals surface area contributed by atoms with Gasteiger partial charge in [-0.25, -0.2) is 8.42 Å². The molecule has 0 bridgehead atoms. The second-order valence-corrected chi connectivity index (χ2v) is 14.0. The van der Waals surface area contributed by atoms with Crippen LogP contribution >= 0.6 is 0 Å². The van der Waals surface area contributed by atoms with Gasteiger partial charge in [0, 0.05) is 58.7 Å². The van der Waals surface area contributed by atoms with E-state index in [1.54, 1.807) is 36.3 Å². The number of aryl methyl sites for hydroxylation is 1. The molecule has 1 atom stereocenters. The minimum atomic E-state index is -3.51. The maximum atomic E-state index is 14.1. The molecule has 2 heterocycles. The van der Waals surface area contributed by atoms with Gasteiger partial charge in [-0.1, -0.05) is 54.6 Å². The first-order valence-corrected chi connectivity index (χ1v) is 17.9. The second kappa shape index (κ2) is 16.9. The molecule has 0 aliphatic carbocycles. The van der Waals surface area contributed by atoms with Crippen LogP contribution in [0, 0.1) is 0 Å². The van der Waals surface area contributed by atoms with Crippen molar-refractivity contribution in [2.75, 3.05) is 59.6 Å². The van der Waals surface area contributed by atoms with Gasteiger partial charge < -0.3 is 19.7 Å². The molecule has 0 radical (unpaired) electrons. The molecule has 252 valence electrons. The fourth-order valence-electron chi connectivity index (χ4n) is 6.06. The van der Waals surface area contributed by atoms with Crippen LogP contribution in [0.5, 0.6) is 5.75 Å². The van der Waals surface area contributed by atoms with Gasteiger partial charge in [0.1, 0.15) is 11.8 Å². The summed E-state index contributed by atoms with van der Waals surface area (Å²) in [5, 5.41) is 3.11. The zero-order chi connectivity index (χ0) is 33.1. The van der Waals surface area contributed by atoms with Gasteiger partial charge in [-0.2, -0.15) is 4.31 Å². The molecule has 0 spiro atoms. The Bertz CT molecular complexity index is 1540. The predicted octanol–water partition coefficient (Wildman–Crippen LogP) is 3.50. The van der Waals surface area contributed by atoms with Crippen molar-refractivity contribution in [3.63, 3.8) is 0 Å². The highest BCUT2D eigenvalue weighted by Crippen LogP contribution is 2.23. The summed E-state index contributed by atoms with van der Waals surface area (Å²) in [6.45, 7) is 5.57. The van der Waals surface area contributed by atoms with Gasteiger partial charge in [-0.15, -0.1) is 0 Å². The van der Waals surface area contributed by atoms with Gasteiger partial charge in [0.2, 0.25) is 21.8 Å². The molecule has 1 N–H and O–H groups in total. The highest BCUT2D eigenvalue weighted by molar-refractivity contribution is 7.89. The maximum Gasteiger partial charge on any atom is 0.243 e. The van der Waals surface area contributed by atoms with E-state index >= 15 is 0 Å². The summed E-state index contributed by atoms with van der Waals surface area (Å²) in [6, 6.07) is 23.4. The summed E-state index contributed by atoms with van der Waals surface area (Å²) < 4.78 is 38.3. The van der Waals surface area contributed by atoms with E-state index in [1.165, 1.54) is 4.31 Å². The van der Waals surface area contributed by atoms with Crippen LogP contribution in [-0.2, 0) is 43.7 Å². The number of sulfonamides is 1. The summed E-state index contributed by atoms with van der Waals surface area (Å²) in [6.07, 6.45) is 2.71. The summed E-state index contributed by atoms with van der Waals surface area (Å²) in [5.74, 6) is 0.364. The number of morpholine rings is 1. The van der Waals surface area contributed by atoms with Crippen molar-refractivity contribution in [1.29, 1.82) is 0 Å². The highest BCUT2D eigenvalue weighted by atomic mass is 32.2. The van der Waals surface area contributed by atoms with Crippen molar-refractivity contribution in [2.24, 2.45) is 0 Å². The van der Waals surface area contributed by atoms with E-state index in [9.17, 15) is 18.0 Å². The van der Waals surface area contributed by atoms with E-state index in [0.717, 1.165) is 42.6 Å². The standard InChI is InChI=1S/C36H46N4O6S/c1-45-32-14-9-31(10-15-32)28-40(35(41)18-13-29-11-16-33(17-12-29)47(43,44)39-20-5-6-21-39)34(27-30-7-3-2-4-8-30)36(42)37-19-22-38-23-25-46-26-24-38/h2-4,7-12,14-17,34H,5-6,13,18-28H2,1H3,(H,37,42)/t34-/m1/s1. The van der Waals surface area contributed by atoms with Crippen LogP contribution in [0.4, 0.5) is 0 Å². The van der Waals surface area contributed by atoms with Gasteiger partial charge >= 0.3 is 0 Å². The monoisotopic (exact) mass is 662 g/mol. The zero-order valence-electron chi connectivity index (χ0n) is 27.2. The number of methoxy groups -OCH3 is 1. The Hall–Kier alpha value is -3.77. The van der Waals surface area contributed by atoms with Crippen molar-refractivity contribution in [3.8, 4) is 5.75 Å². The summed E-state index contributed by atoms with van der Waals surface area (Å²) >= 11 is 0. The Labute approximate surface area is 278 Å². The molecule has 2 aliphatic rings. The van der Waals surface area contributed by atoms with E-state index in [0.29, 0.717) is 58.0 Å². The van der Waals surface area contributed by atoms with Gasteiger partial charge in [0.05, 0.1) is 25.2 Å². The third-order valence-corrected chi connectivity index (χ3v) is 10.8. The number of nitrogens with one attached hydrogen (secondary N) is 1. The first-order chi connectivity index (χ1) is 22.8. The molecule has 0 saturated carbocycles. The summed E-state index contributed by atoms with van der Waals surface area (Å²) in [5.41, 5.74) is 2.70. The molecular weight excluding hydrogens is 616 g/mol. The first-order valence-electron chi connectivity index (χ1n) is 16.5. The van der Waals surface area contributed by atoms with Crippen molar-refractivity contribution in [3.05, 3.63) is 95.6 Å². The fourth-order valence-corrected chi connectivity index (χ4v) is 7.58. The van der Waals surface area contributed by atoms with Gasteiger partial charge in [-0.05, 0) is 60.2 Å². The lowest BCUT2D eigenvalue weighted by Gasteiger charge is -2.32. The van der Waals surface area contributed by atoms with Gasteiger partial charge in [0.25, 0.3) is 0 Å². The number of carbonyl (C=O) groups is 2. The number of ether oxygens (including phenoxy) is 2. The molecule has 0 aromatic heterocycles. The van der Waals surface area contributed by atoms with Crippen LogP contribution < -0.4 is 10.1 Å². The Morgan fingerprint density at radius 3 is 2.19 bits per heavy atom. The largest absolute Gasteiger partial charge is 0.497 e.